The SMILES string of the molecule is Cn1cc(-c2cc(-c3ccc(N4CCC5(CCCNC5)CC4)nc3)c3c(C#N)cnn3c2)cn1. The molecule has 2 aliphatic rings. The highest BCUT2D eigenvalue weighted by Gasteiger charge is 2.35. The summed E-state index contributed by atoms with van der Waals surface area (Å²) in [5.74, 6) is 1.02. The number of piperidine rings is 2. The Morgan fingerprint density at radius 3 is 2.56 bits per heavy atom. The summed E-state index contributed by atoms with van der Waals surface area (Å²) in [4.78, 5) is 7.25. The Labute approximate surface area is 198 Å². The molecule has 2 saturated heterocycles. The molecule has 2 aliphatic heterocycles. The van der Waals surface area contributed by atoms with Gasteiger partial charge in [0.15, 0.2) is 0 Å². The first-order valence-corrected chi connectivity index (χ1v) is 12.0. The van der Waals surface area contributed by atoms with Gasteiger partial charge in [0.2, 0.25) is 0 Å². The first kappa shape index (κ1) is 20.9. The lowest BCUT2D eigenvalue weighted by atomic mass is 9.73. The fraction of sp³-hybridized carbons (Fsp3) is 0.385. The summed E-state index contributed by atoms with van der Waals surface area (Å²) in [5.41, 5.74) is 5.75. The molecule has 2 fully saturated rings. The van der Waals surface area contributed by atoms with Crippen LogP contribution in [0.5, 0.6) is 0 Å². The third-order valence-electron chi connectivity index (χ3n) is 7.54. The van der Waals surface area contributed by atoms with Crippen molar-refractivity contribution in [3.05, 3.63) is 54.7 Å². The molecule has 6 rings (SSSR count). The first-order valence-electron chi connectivity index (χ1n) is 12.0. The molecule has 0 bridgehead atoms. The molecular weight excluding hydrogens is 424 g/mol. The van der Waals surface area contributed by atoms with Crippen molar-refractivity contribution in [3.8, 4) is 28.3 Å². The number of anilines is 1. The van der Waals surface area contributed by atoms with Gasteiger partial charge in [0.05, 0.1) is 23.5 Å². The number of aryl methyl sites for hydroxylation is 1. The Morgan fingerprint density at radius 2 is 1.88 bits per heavy atom. The standard InChI is InChI=1S/C26H28N8/c1-32-16-22(15-30-32)20-11-23(25-21(12-27)14-31-34(25)17-20)19-3-4-24(29-13-19)33-9-6-26(7-10-33)5-2-8-28-18-26/h3-4,11,13-17,28H,2,5-10,18H2,1H3. The number of fused-ring (bicyclic) bond motifs is 1. The van der Waals surface area contributed by atoms with Crippen LogP contribution in [0, 0.1) is 16.7 Å². The van der Waals surface area contributed by atoms with Gasteiger partial charge in [-0.15, -0.1) is 0 Å². The lowest BCUT2D eigenvalue weighted by Gasteiger charge is -2.44. The van der Waals surface area contributed by atoms with Gasteiger partial charge in [-0.05, 0) is 55.8 Å². The number of hydrogen-bond donors (Lipinski definition) is 1. The van der Waals surface area contributed by atoms with Crippen molar-refractivity contribution < 1.29 is 0 Å². The van der Waals surface area contributed by atoms with Gasteiger partial charge < -0.3 is 10.2 Å². The number of hydrogen-bond acceptors (Lipinski definition) is 6. The molecule has 0 unspecified atom stereocenters. The van der Waals surface area contributed by atoms with Crippen molar-refractivity contribution in [2.24, 2.45) is 12.5 Å². The summed E-state index contributed by atoms with van der Waals surface area (Å²) in [7, 11) is 1.90. The second-order valence-corrected chi connectivity index (χ2v) is 9.68. The molecule has 4 aromatic heterocycles. The molecule has 1 spiro atoms. The molecule has 8 heteroatoms. The van der Waals surface area contributed by atoms with E-state index >= 15 is 0 Å². The normalized spacial score (nSPS) is 17.8. The minimum absolute atomic E-state index is 0.475. The van der Waals surface area contributed by atoms with E-state index in [9.17, 15) is 5.26 Å². The topological polar surface area (TPSA) is 87.1 Å². The van der Waals surface area contributed by atoms with Crippen molar-refractivity contribution in [1.82, 2.24) is 29.7 Å². The van der Waals surface area contributed by atoms with Crippen molar-refractivity contribution in [1.29, 1.82) is 5.26 Å². The quantitative estimate of drug-likeness (QED) is 0.511. The summed E-state index contributed by atoms with van der Waals surface area (Å²) in [6, 6.07) is 8.61. The molecule has 34 heavy (non-hydrogen) atoms. The summed E-state index contributed by atoms with van der Waals surface area (Å²) in [6.45, 7) is 4.42. The van der Waals surface area contributed by atoms with Gasteiger partial charge in [-0.3, -0.25) is 4.68 Å². The molecular formula is C26H28N8. The van der Waals surface area contributed by atoms with Crippen LogP contribution in [0.2, 0.25) is 0 Å². The third-order valence-corrected chi connectivity index (χ3v) is 7.54. The highest BCUT2D eigenvalue weighted by atomic mass is 15.2. The average molecular weight is 453 g/mol. The number of aromatic nitrogens is 5. The van der Waals surface area contributed by atoms with Crippen molar-refractivity contribution in [2.45, 2.75) is 25.7 Å². The highest BCUT2D eigenvalue weighted by Crippen LogP contribution is 2.38. The van der Waals surface area contributed by atoms with E-state index in [1.54, 1.807) is 15.4 Å². The van der Waals surface area contributed by atoms with Gasteiger partial charge in [0, 0.05) is 67.5 Å². The van der Waals surface area contributed by atoms with Crippen molar-refractivity contribution >= 4 is 11.3 Å². The summed E-state index contributed by atoms with van der Waals surface area (Å²) >= 11 is 0. The minimum Gasteiger partial charge on any atom is -0.357 e. The Bertz CT molecular complexity index is 1360. The van der Waals surface area contributed by atoms with Crippen LogP contribution >= 0.6 is 0 Å². The van der Waals surface area contributed by atoms with Crippen LogP contribution in [0.1, 0.15) is 31.2 Å². The van der Waals surface area contributed by atoms with Gasteiger partial charge in [-0.25, -0.2) is 9.50 Å². The Kier molecular flexibility index (Phi) is 5.07. The highest BCUT2D eigenvalue weighted by molar-refractivity contribution is 5.87. The Morgan fingerprint density at radius 1 is 1.00 bits per heavy atom. The fourth-order valence-corrected chi connectivity index (χ4v) is 5.55. The number of rotatable bonds is 3. The zero-order valence-electron chi connectivity index (χ0n) is 19.4. The van der Waals surface area contributed by atoms with E-state index in [2.05, 4.69) is 44.7 Å². The summed E-state index contributed by atoms with van der Waals surface area (Å²) in [5, 5.41) is 22.0. The number of pyridine rings is 2. The maximum atomic E-state index is 9.66. The molecule has 0 amide bonds. The fourth-order valence-electron chi connectivity index (χ4n) is 5.55. The van der Waals surface area contributed by atoms with Crippen LogP contribution in [0.15, 0.2) is 49.2 Å². The molecule has 1 N–H and O–H groups in total. The molecule has 0 atom stereocenters. The van der Waals surface area contributed by atoms with E-state index in [-0.39, 0.29) is 0 Å². The van der Waals surface area contributed by atoms with E-state index in [0.29, 0.717) is 11.0 Å². The number of nitrogens with zero attached hydrogens (tertiary/aromatic N) is 7. The predicted octanol–water partition coefficient (Wildman–Crippen LogP) is 3.64. The molecule has 0 aliphatic carbocycles. The van der Waals surface area contributed by atoms with E-state index in [4.69, 9.17) is 4.98 Å². The van der Waals surface area contributed by atoms with Gasteiger partial charge in [-0.2, -0.15) is 15.5 Å². The maximum absolute atomic E-state index is 9.66. The largest absolute Gasteiger partial charge is 0.357 e. The third kappa shape index (κ3) is 3.62. The van der Waals surface area contributed by atoms with Crippen LogP contribution in [0.3, 0.4) is 0 Å². The summed E-state index contributed by atoms with van der Waals surface area (Å²) < 4.78 is 3.57. The van der Waals surface area contributed by atoms with Gasteiger partial charge in [0.25, 0.3) is 0 Å². The van der Waals surface area contributed by atoms with Crippen LogP contribution in [-0.4, -0.2) is 50.6 Å². The monoisotopic (exact) mass is 452 g/mol. The van der Waals surface area contributed by atoms with Crippen LogP contribution in [-0.2, 0) is 7.05 Å². The molecule has 0 radical (unpaired) electrons. The maximum Gasteiger partial charge on any atom is 0.128 e. The van der Waals surface area contributed by atoms with Gasteiger partial charge in [0.1, 0.15) is 11.9 Å². The Hall–Kier alpha value is -3.70. The predicted molar refractivity (Wildman–Crippen MR) is 131 cm³/mol. The average Bonchev–Trinajstić information content (AvgIpc) is 3.50. The number of nitriles is 1. The lowest BCUT2D eigenvalue weighted by Crippen LogP contribution is -2.48. The van der Waals surface area contributed by atoms with Gasteiger partial charge >= 0.3 is 0 Å². The zero-order valence-corrected chi connectivity index (χ0v) is 19.4. The van der Waals surface area contributed by atoms with Crippen molar-refractivity contribution in [2.75, 3.05) is 31.1 Å². The molecule has 0 saturated carbocycles. The zero-order chi connectivity index (χ0) is 23.1. The molecule has 4 aromatic rings. The van der Waals surface area contributed by atoms with Crippen LogP contribution in [0.25, 0.3) is 27.8 Å². The number of nitrogens with one attached hydrogen (secondary N) is 1. The smallest absolute Gasteiger partial charge is 0.128 e. The lowest BCUT2D eigenvalue weighted by molar-refractivity contribution is 0.161. The van der Waals surface area contributed by atoms with Crippen LogP contribution < -0.4 is 10.2 Å². The second kappa shape index (κ2) is 8.26. The van der Waals surface area contributed by atoms with Gasteiger partial charge in [-0.1, -0.05) is 0 Å². The van der Waals surface area contributed by atoms with E-state index in [1.165, 1.54) is 25.7 Å². The molecule has 6 heterocycles. The molecule has 172 valence electrons. The van der Waals surface area contributed by atoms with Crippen molar-refractivity contribution in [3.63, 3.8) is 0 Å². The van der Waals surface area contributed by atoms with E-state index < -0.39 is 0 Å². The summed E-state index contributed by atoms with van der Waals surface area (Å²) in [6.07, 6.45) is 14.4. The minimum atomic E-state index is 0.475. The van der Waals surface area contributed by atoms with E-state index in [0.717, 1.165) is 59.8 Å². The molecule has 8 nitrogen and oxygen atoms in total. The Balaban J connectivity index is 1.32. The first-order chi connectivity index (χ1) is 16.6. The van der Waals surface area contributed by atoms with E-state index in [1.807, 2.05) is 31.8 Å². The molecule has 0 aromatic carbocycles. The second-order valence-electron chi connectivity index (χ2n) is 9.68. The van der Waals surface area contributed by atoms with Crippen LogP contribution in [0.4, 0.5) is 5.82 Å².